The van der Waals surface area contributed by atoms with E-state index < -0.39 is 5.82 Å². The Balaban J connectivity index is 1.72. The topological polar surface area (TPSA) is 73.2 Å². The molecular formula is C26H23ClFN3O3S. The summed E-state index contributed by atoms with van der Waals surface area (Å²) in [7, 11) is 1.56. The number of halogens is 2. The standard InChI is InChI=1S/C26H23ClFN3O3S/c1-34-12-11-29-24(32)18-8-10-21-23(13-18)30-26(35-16-19-7-9-20(28)14-22(19)27)31(25(21)33)15-17-5-3-2-4-6-17/h2-10,13-14H,11-12,15-16H2,1H3,(H,29,32). The van der Waals surface area contributed by atoms with Gasteiger partial charge < -0.3 is 10.1 Å². The van der Waals surface area contributed by atoms with Gasteiger partial charge in [0.25, 0.3) is 11.5 Å². The third-order valence-electron chi connectivity index (χ3n) is 5.33. The van der Waals surface area contributed by atoms with E-state index in [0.717, 1.165) is 11.1 Å². The molecule has 9 heteroatoms. The Morgan fingerprint density at radius 2 is 1.94 bits per heavy atom. The highest BCUT2D eigenvalue weighted by Gasteiger charge is 2.15. The maximum Gasteiger partial charge on any atom is 0.262 e. The van der Waals surface area contributed by atoms with Crippen LogP contribution in [0.15, 0.2) is 76.7 Å². The molecule has 1 N–H and O–H groups in total. The van der Waals surface area contributed by atoms with Gasteiger partial charge in [0.05, 0.1) is 24.1 Å². The van der Waals surface area contributed by atoms with Crippen LogP contribution in [0.3, 0.4) is 0 Å². The predicted octanol–water partition coefficient (Wildman–Crippen LogP) is 4.91. The molecule has 4 aromatic rings. The lowest BCUT2D eigenvalue weighted by Crippen LogP contribution is -2.27. The lowest BCUT2D eigenvalue weighted by Gasteiger charge is -2.14. The molecule has 0 spiro atoms. The van der Waals surface area contributed by atoms with E-state index in [4.69, 9.17) is 21.3 Å². The van der Waals surface area contributed by atoms with Crippen molar-refractivity contribution in [1.82, 2.24) is 14.9 Å². The number of aromatic nitrogens is 2. The van der Waals surface area contributed by atoms with Crippen molar-refractivity contribution in [2.45, 2.75) is 17.5 Å². The minimum absolute atomic E-state index is 0.210. The lowest BCUT2D eigenvalue weighted by molar-refractivity contribution is 0.0937. The monoisotopic (exact) mass is 511 g/mol. The van der Waals surface area contributed by atoms with Gasteiger partial charge in [0, 0.05) is 30.0 Å². The first-order valence-corrected chi connectivity index (χ1v) is 12.2. The van der Waals surface area contributed by atoms with E-state index in [1.165, 1.54) is 23.9 Å². The van der Waals surface area contributed by atoms with Gasteiger partial charge in [0.1, 0.15) is 5.82 Å². The molecule has 1 amide bonds. The number of hydrogen-bond donors (Lipinski definition) is 1. The first-order chi connectivity index (χ1) is 17.0. The average molecular weight is 512 g/mol. The number of carbonyl (C=O) groups is 1. The van der Waals surface area contributed by atoms with Gasteiger partial charge in [-0.25, -0.2) is 9.37 Å². The second kappa shape index (κ2) is 11.5. The number of fused-ring (bicyclic) bond motifs is 1. The van der Waals surface area contributed by atoms with Gasteiger partial charge in [-0.1, -0.05) is 59.8 Å². The number of nitrogens with zero attached hydrogens (tertiary/aromatic N) is 2. The second-order valence-corrected chi connectivity index (χ2v) is 9.13. The van der Waals surface area contributed by atoms with Crippen LogP contribution in [0.2, 0.25) is 5.02 Å². The largest absolute Gasteiger partial charge is 0.383 e. The number of rotatable bonds is 9. The maximum absolute atomic E-state index is 13.5. The van der Waals surface area contributed by atoms with Crippen molar-refractivity contribution in [3.63, 3.8) is 0 Å². The first kappa shape index (κ1) is 24.9. The van der Waals surface area contributed by atoms with Crippen LogP contribution in [0.25, 0.3) is 10.9 Å². The van der Waals surface area contributed by atoms with Gasteiger partial charge in [0.15, 0.2) is 5.16 Å². The molecule has 0 radical (unpaired) electrons. The van der Waals surface area contributed by atoms with Crippen molar-refractivity contribution in [2.75, 3.05) is 20.3 Å². The Bertz CT molecular complexity index is 1410. The predicted molar refractivity (Wildman–Crippen MR) is 137 cm³/mol. The fourth-order valence-electron chi connectivity index (χ4n) is 3.51. The van der Waals surface area contributed by atoms with E-state index in [0.29, 0.717) is 52.1 Å². The molecule has 3 aromatic carbocycles. The molecule has 4 rings (SSSR count). The van der Waals surface area contributed by atoms with E-state index >= 15 is 0 Å². The summed E-state index contributed by atoms with van der Waals surface area (Å²) in [5, 5.41) is 3.97. The van der Waals surface area contributed by atoms with Crippen molar-refractivity contribution >= 4 is 40.2 Å². The third kappa shape index (κ3) is 6.08. The number of amides is 1. The summed E-state index contributed by atoms with van der Waals surface area (Å²) in [6, 6.07) is 18.7. The summed E-state index contributed by atoms with van der Waals surface area (Å²) in [6.07, 6.45) is 0. The lowest BCUT2D eigenvalue weighted by atomic mass is 10.1. The molecule has 0 unspecified atom stereocenters. The van der Waals surface area contributed by atoms with Crippen molar-refractivity contribution in [3.05, 3.63) is 105 Å². The molecule has 0 aliphatic carbocycles. The number of ether oxygens (including phenoxy) is 1. The summed E-state index contributed by atoms with van der Waals surface area (Å²) in [5.41, 5.74) is 2.29. The molecular weight excluding hydrogens is 489 g/mol. The molecule has 0 saturated heterocycles. The van der Waals surface area contributed by atoms with Crippen LogP contribution in [-0.2, 0) is 17.0 Å². The normalized spacial score (nSPS) is 11.1. The second-order valence-electron chi connectivity index (χ2n) is 7.78. The fraction of sp³-hybridized carbons (Fsp3) is 0.192. The number of methoxy groups -OCH3 is 1. The molecule has 180 valence electrons. The molecule has 1 aromatic heterocycles. The first-order valence-electron chi connectivity index (χ1n) is 10.9. The number of hydrogen-bond acceptors (Lipinski definition) is 5. The van der Waals surface area contributed by atoms with Crippen LogP contribution >= 0.6 is 23.4 Å². The Morgan fingerprint density at radius 3 is 2.69 bits per heavy atom. The molecule has 0 aliphatic rings. The molecule has 0 aliphatic heterocycles. The van der Waals surface area contributed by atoms with E-state index in [2.05, 4.69) is 5.32 Å². The Morgan fingerprint density at radius 1 is 1.14 bits per heavy atom. The van der Waals surface area contributed by atoms with Gasteiger partial charge in [-0.05, 0) is 41.5 Å². The van der Waals surface area contributed by atoms with Crippen molar-refractivity contribution in [1.29, 1.82) is 0 Å². The Hall–Kier alpha value is -3.20. The number of benzene rings is 3. The zero-order valence-corrected chi connectivity index (χ0v) is 20.5. The molecule has 35 heavy (non-hydrogen) atoms. The Kier molecular flexibility index (Phi) is 8.17. The molecule has 1 heterocycles. The van der Waals surface area contributed by atoms with E-state index in [9.17, 15) is 14.0 Å². The highest BCUT2D eigenvalue weighted by Crippen LogP contribution is 2.27. The van der Waals surface area contributed by atoms with E-state index in [-0.39, 0.29) is 11.5 Å². The van der Waals surface area contributed by atoms with E-state index in [1.807, 2.05) is 30.3 Å². The van der Waals surface area contributed by atoms with Gasteiger partial charge in [-0.3, -0.25) is 14.2 Å². The SMILES string of the molecule is COCCNC(=O)c1ccc2c(=O)n(Cc3ccccc3)c(SCc3ccc(F)cc3Cl)nc2c1. The average Bonchev–Trinajstić information content (AvgIpc) is 2.86. The molecule has 0 atom stereocenters. The van der Waals surface area contributed by atoms with Crippen LogP contribution in [0, 0.1) is 5.82 Å². The number of thioether (sulfide) groups is 1. The van der Waals surface area contributed by atoms with Gasteiger partial charge in [0.2, 0.25) is 0 Å². The maximum atomic E-state index is 13.5. The van der Waals surface area contributed by atoms with Crippen molar-refractivity contribution in [3.8, 4) is 0 Å². The number of carbonyl (C=O) groups excluding carboxylic acids is 1. The van der Waals surface area contributed by atoms with Crippen LogP contribution in [0.1, 0.15) is 21.5 Å². The molecule has 0 bridgehead atoms. The minimum atomic E-state index is -0.412. The van der Waals surface area contributed by atoms with Crippen LogP contribution in [0.5, 0.6) is 0 Å². The van der Waals surface area contributed by atoms with Gasteiger partial charge >= 0.3 is 0 Å². The summed E-state index contributed by atoms with van der Waals surface area (Å²) < 4.78 is 20.0. The summed E-state index contributed by atoms with van der Waals surface area (Å²) >= 11 is 7.53. The third-order valence-corrected chi connectivity index (χ3v) is 6.71. The van der Waals surface area contributed by atoms with E-state index in [1.54, 1.807) is 35.9 Å². The highest BCUT2D eigenvalue weighted by atomic mass is 35.5. The molecule has 0 fully saturated rings. The van der Waals surface area contributed by atoms with Crippen LogP contribution < -0.4 is 10.9 Å². The number of nitrogens with one attached hydrogen (secondary N) is 1. The van der Waals surface area contributed by atoms with Crippen LogP contribution in [-0.4, -0.2) is 35.7 Å². The van der Waals surface area contributed by atoms with Crippen molar-refractivity contribution in [2.24, 2.45) is 0 Å². The summed E-state index contributed by atoms with van der Waals surface area (Å²) in [4.78, 5) is 30.7. The fourth-order valence-corrected chi connectivity index (χ4v) is 4.82. The molecule has 6 nitrogen and oxygen atoms in total. The van der Waals surface area contributed by atoms with Crippen LogP contribution in [0.4, 0.5) is 4.39 Å². The zero-order valence-electron chi connectivity index (χ0n) is 19.0. The zero-order chi connectivity index (χ0) is 24.8. The Labute approximate surface area is 211 Å². The molecule has 0 saturated carbocycles. The smallest absolute Gasteiger partial charge is 0.262 e. The minimum Gasteiger partial charge on any atom is -0.383 e. The summed E-state index contributed by atoms with van der Waals surface area (Å²) in [6.45, 7) is 1.11. The van der Waals surface area contributed by atoms with Gasteiger partial charge in [-0.2, -0.15) is 0 Å². The highest BCUT2D eigenvalue weighted by molar-refractivity contribution is 7.98. The quantitative estimate of drug-likeness (QED) is 0.196. The van der Waals surface area contributed by atoms with Gasteiger partial charge in [-0.15, -0.1) is 0 Å². The summed E-state index contributed by atoms with van der Waals surface area (Å²) in [5.74, 6) is -0.292. The van der Waals surface area contributed by atoms with Crippen molar-refractivity contribution < 1.29 is 13.9 Å².